The lowest BCUT2D eigenvalue weighted by Gasteiger charge is -2.39. The van der Waals surface area contributed by atoms with Gasteiger partial charge in [0, 0.05) is 24.4 Å². The number of nitro benzene ring substituents is 1. The van der Waals surface area contributed by atoms with E-state index in [-0.39, 0.29) is 28.3 Å². The Morgan fingerprint density at radius 2 is 1.97 bits per heavy atom. The number of nitro groups is 1. The van der Waals surface area contributed by atoms with Gasteiger partial charge in [0.1, 0.15) is 11.5 Å². The summed E-state index contributed by atoms with van der Waals surface area (Å²) in [7, 11) is -0.718. The van der Waals surface area contributed by atoms with E-state index in [0.717, 1.165) is 25.1 Å². The van der Waals surface area contributed by atoms with Crippen LogP contribution in [-0.4, -0.2) is 42.0 Å². The van der Waals surface area contributed by atoms with Crippen LogP contribution in [0.25, 0.3) is 5.69 Å². The first-order valence-corrected chi connectivity index (χ1v) is 13.9. The van der Waals surface area contributed by atoms with Crippen molar-refractivity contribution in [3.63, 3.8) is 0 Å². The molecule has 1 saturated carbocycles. The molecule has 0 radical (unpaired) electrons. The molecular weight excluding hydrogens is 426 g/mol. The maximum Gasteiger partial charge on any atom is 0.338 e. The van der Waals surface area contributed by atoms with Crippen LogP contribution in [0.3, 0.4) is 0 Å². The van der Waals surface area contributed by atoms with Crippen LogP contribution < -0.4 is 0 Å². The molecule has 0 spiro atoms. The topological polar surface area (TPSA) is 96.5 Å². The molecule has 1 fully saturated rings. The van der Waals surface area contributed by atoms with Gasteiger partial charge in [-0.3, -0.25) is 14.7 Å². The first kappa shape index (κ1) is 24.1. The third-order valence-electron chi connectivity index (χ3n) is 6.89. The summed E-state index contributed by atoms with van der Waals surface area (Å²) in [5.74, 6) is 0.223. The van der Waals surface area contributed by atoms with Crippen molar-refractivity contribution < 1.29 is 18.9 Å². The van der Waals surface area contributed by atoms with Crippen molar-refractivity contribution >= 4 is 20.0 Å². The molecule has 2 atom stereocenters. The zero-order chi connectivity index (χ0) is 23.8. The van der Waals surface area contributed by atoms with Gasteiger partial charge in [0.15, 0.2) is 8.32 Å². The van der Waals surface area contributed by atoms with Crippen molar-refractivity contribution in [3.05, 3.63) is 51.6 Å². The number of carbonyl (C=O) groups excluding carboxylic acids is 1. The third-order valence-corrected chi connectivity index (χ3v) is 11.4. The standard InChI is InChI=1S/C23H33N3O5Si/c1-15-13-18(19(26(28)29)14-17(15)22(27)30-5)25-12-11-24-21(25)16-9-8-10-20(16)31-32(6,7)23(2,3)4/h11-14,16,20H,8-10H2,1-7H3/t16-,20+/m1/s1. The average molecular weight is 460 g/mol. The number of imidazole rings is 1. The van der Waals surface area contributed by atoms with Crippen molar-refractivity contribution in [2.45, 2.75) is 77.1 Å². The fraction of sp³-hybridized carbons (Fsp3) is 0.565. The van der Waals surface area contributed by atoms with Gasteiger partial charge in [-0.05, 0) is 49.5 Å². The maximum atomic E-state index is 12.1. The van der Waals surface area contributed by atoms with Crippen LogP contribution in [0.2, 0.25) is 18.1 Å². The van der Waals surface area contributed by atoms with Gasteiger partial charge >= 0.3 is 5.97 Å². The number of aryl methyl sites for hydroxylation is 1. The molecule has 2 aromatic rings. The highest BCUT2D eigenvalue weighted by Gasteiger charge is 2.43. The smallest absolute Gasteiger partial charge is 0.338 e. The quantitative estimate of drug-likeness (QED) is 0.244. The van der Waals surface area contributed by atoms with Crippen LogP contribution in [0.15, 0.2) is 24.5 Å². The number of hydrogen-bond donors (Lipinski definition) is 0. The zero-order valence-electron chi connectivity index (χ0n) is 20.0. The lowest BCUT2D eigenvalue weighted by atomic mass is 10.0. The molecule has 1 aliphatic carbocycles. The zero-order valence-corrected chi connectivity index (χ0v) is 21.0. The van der Waals surface area contributed by atoms with E-state index in [1.165, 1.54) is 13.2 Å². The van der Waals surface area contributed by atoms with Gasteiger partial charge in [-0.1, -0.05) is 27.2 Å². The SMILES string of the molecule is COC(=O)c1cc([N+](=O)[O-])c(-n2ccnc2[C@@H]2CCC[C@@H]2O[Si](C)(C)C(C)(C)C)cc1C. The van der Waals surface area contributed by atoms with Crippen LogP contribution in [-0.2, 0) is 9.16 Å². The van der Waals surface area contributed by atoms with Gasteiger partial charge in [0.05, 0.1) is 23.7 Å². The molecule has 9 heteroatoms. The number of aromatic nitrogens is 2. The minimum absolute atomic E-state index is 0.0338. The van der Waals surface area contributed by atoms with Crippen molar-refractivity contribution in [3.8, 4) is 5.69 Å². The molecule has 32 heavy (non-hydrogen) atoms. The Bertz CT molecular complexity index is 1030. The molecule has 1 aromatic carbocycles. The molecule has 0 amide bonds. The number of esters is 1. The molecule has 0 saturated heterocycles. The summed E-state index contributed by atoms with van der Waals surface area (Å²) in [6, 6.07) is 2.95. The predicted molar refractivity (Wildman–Crippen MR) is 125 cm³/mol. The van der Waals surface area contributed by atoms with E-state index >= 15 is 0 Å². The van der Waals surface area contributed by atoms with Gasteiger partial charge < -0.3 is 9.16 Å². The second-order valence-corrected chi connectivity index (χ2v) is 14.8. The monoisotopic (exact) mass is 459 g/mol. The van der Waals surface area contributed by atoms with Crippen LogP contribution in [0, 0.1) is 17.0 Å². The highest BCUT2D eigenvalue weighted by atomic mass is 28.4. The summed E-state index contributed by atoms with van der Waals surface area (Å²) in [4.78, 5) is 28.1. The Morgan fingerprint density at radius 3 is 2.56 bits per heavy atom. The van der Waals surface area contributed by atoms with E-state index in [1.54, 1.807) is 30.0 Å². The Hall–Kier alpha value is -2.52. The summed E-state index contributed by atoms with van der Waals surface area (Å²) >= 11 is 0. The fourth-order valence-electron chi connectivity index (χ4n) is 4.06. The average Bonchev–Trinajstić information content (AvgIpc) is 3.34. The van der Waals surface area contributed by atoms with Crippen molar-refractivity contribution in [2.24, 2.45) is 0 Å². The molecule has 174 valence electrons. The van der Waals surface area contributed by atoms with E-state index in [0.29, 0.717) is 11.3 Å². The Labute approximate surface area is 190 Å². The van der Waals surface area contributed by atoms with Crippen molar-refractivity contribution in [1.82, 2.24) is 9.55 Å². The molecule has 8 nitrogen and oxygen atoms in total. The summed E-state index contributed by atoms with van der Waals surface area (Å²) in [5, 5.41) is 12.0. The molecule has 1 aliphatic rings. The second kappa shape index (κ2) is 8.78. The number of carbonyl (C=O) groups is 1. The number of nitrogens with zero attached hydrogens (tertiary/aromatic N) is 3. The largest absolute Gasteiger partial charge is 0.465 e. The molecular formula is C23H33N3O5Si. The molecule has 0 unspecified atom stereocenters. The third kappa shape index (κ3) is 4.49. The van der Waals surface area contributed by atoms with Crippen LogP contribution in [0.4, 0.5) is 5.69 Å². The molecule has 0 aliphatic heterocycles. The molecule has 1 heterocycles. The summed E-state index contributed by atoms with van der Waals surface area (Å²) in [6.45, 7) is 12.9. The Morgan fingerprint density at radius 1 is 1.28 bits per heavy atom. The lowest BCUT2D eigenvalue weighted by Crippen LogP contribution is -2.44. The molecule has 0 N–H and O–H groups in total. The second-order valence-electron chi connectivity index (χ2n) is 10.0. The summed E-state index contributed by atoms with van der Waals surface area (Å²) in [6.07, 6.45) is 6.35. The van der Waals surface area contributed by atoms with E-state index in [1.807, 2.05) is 0 Å². The fourth-order valence-corrected chi connectivity index (χ4v) is 5.45. The minimum Gasteiger partial charge on any atom is -0.465 e. The number of benzene rings is 1. The lowest BCUT2D eigenvalue weighted by molar-refractivity contribution is -0.384. The maximum absolute atomic E-state index is 12.1. The van der Waals surface area contributed by atoms with Gasteiger partial charge in [-0.15, -0.1) is 0 Å². The normalized spacial score (nSPS) is 19.2. The van der Waals surface area contributed by atoms with E-state index < -0.39 is 19.2 Å². The van der Waals surface area contributed by atoms with E-state index in [2.05, 4.69) is 38.8 Å². The summed E-state index contributed by atoms with van der Waals surface area (Å²) in [5.41, 5.74) is 1.03. The first-order valence-electron chi connectivity index (χ1n) is 11.0. The van der Waals surface area contributed by atoms with E-state index in [9.17, 15) is 14.9 Å². The van der Waals surface area contributed by atoms with Crippen LogP contribution in [0.5, 0.6) is 0 Å². The number of ether oxygens (including phenoxy) is 1. The predicted octanol–water partition coefficient (Wildman–Crippen LogP) is 5.53. The van der Waals surface area contributed by atoms with Crippen molar-refractivity contribution in [1.29, 1.82) is 0 Å². The Kier molecular flexibility index (Phi) is 6.62. The Balaban J connectivity index is 2.04. The number of hydrogen-bond acceptors (Lipinski definition) is 6. The van der Waals surface area contributed by atoms with E-state index in [4.69, 9.17) is 9.16 Å². The minimum atomic E-state index is -1.98. The first-order chi connectivity index (χ1) is 14.9. The van der Waals surface area contributed by atoms with Gasteiger partial charge in [-0.25, -0.2) is 9.78 Å². The van der Waals surface area contributed by atoms with Gasteiger partial charge in [0.2, 0.25) is 0 Å². The molecule has 3 rings (SSSR count). The molecule has 0 bridgehead atoms. The highest BCUT2D eigenvalue weighted by Crippen LogP contribution is 2.44. The summed E-state index contributed by atoms with van der Waals surface area (Å²) < 4.78 is 13.3. The van der Waals surface area contributed by atoms with Crippen molar-refractivity contribution in [2.75, 3.05) is 7.11 Å². The van der Waals surface area contributed by atoms with Gasteiger partial charge in [-0.2, -0.15) is 0 Å². The molecule has 1 aromatic heterocycles. The highest BCUT2D eigenvalue weighted by molar-refractivity contribution is 6.74. The number of rotatable bonds is 6. The van der Waals surface area contributed by atoms with Gasteiger partial charge in [0.25, 0.3) is 5.69 Å². The number of methoxy groups -OCH3 is 1. The van der Waals surface area contributed by atoms with Crippen LogP contribution in [0.1, 0.15) is 67.7 Å². The van der Waals surface area contributed by atoms with Crippen LogP contribution >= 0.6 is 0 Å².